The number of rotatable bonds is 3. The van der Waals surface area contributed by atoms with E-state index in [0.29, 0.717) is 12.1 Å². The van der Waals surface area contributed by atoms with Crippen LogP contribution in [-0.2, 0) is 19.8 Å². The molecule has 0 aliphatic heterocycles. The fourth-order valence-corrected chi connectivity index (χ4v) is 1.63. The zero-order chi connectivity index (χ0) is 10.9. The molecule has 1 aromatic rings. The van der Waals surface area contributed by atoms with Crippen molar-refractivity contribution in [1.29, 1.82) is 0 Å². The van der Waals surface area contributed by atoms with Crippen molar-refractivity contribution < 1.29 is 64.3 Å². The molecule has 1 rings (SSSR count). The average Bonchev–Trinajstić information content (AvgIpc) is 2.29. The predicted molar refractivity (Wildman–Crippen MR) is 50.4 cm³/mol. The zero-order valence-corrected chi connectivity index (χ0v) is 12.8. The molecule has 8 heteroatoms. The molecule has 1 heterocycles. The fourth-order valence-electron chi connectivity index (χ4n) is 1.26. The molecule has 0 saturated carbocycles. The van der Waals surface area contributed by atoms with Crippen LogP contribution in [0.1, 0.15) is 18.3 Å². The molecule has 0 amide bonds. The van der Waals surface area contributed by atoms with E-state index in [9.17, 15) is 12.9 Å². The standard InChI is InChI=1S/C7H10BClF3N2.K/c1-3-5-7(9)6(14(2)13-5)4-8(10,11)12;/h3-4H2,1-2H3;/q-1;+1. The van der Waals surface area contributed by atoms with Gasteiger partial charge in [-0.1, -0.05) is 18.5 Å². The fraction of sp³-hybridized carbons (Fsp3) is 0.571. The van der Waals surface area contributed by atoms with Gasteiger partial charge in [0.05, 0.1) is 10.7 Å². The van der Waals surface area contributed by atoms with Gasteiger partial charge in [-0.25, -0.2) is 0 Å². The minimum atomic E-state index is -4.86. The second kappa shape index (κ2) is 6.07. The summed E-state index contributed by atoms with van der Waals surface area (Å²) in [7, 11) is 1.47. The summed E-state index contributed by atoms with van der Waals surface area (Å²) >= 11 is 5.76. The molecule has 0 radical (unpaired) electrons. The molecule has 0 N–H and O–H groups in total. The smallest absolute Gasteiger partial charge is 0.449 e. The van der Waals surface area contributed by atoms with E-state index in [1.165, 1.54) is 11.7 Å². The monoisotopic (exact) mass is 264 g/mol. The number of hydrogen-bond donors (Lipinski definition) is 0. The van der Waals surface area contributed by atoms with E-state index in [2.05, 4.69) is 5.10 Å². The van der Waals surface area contributed by atoms with Gasteiger partial charge in [0, 0.05) is 12.7 Å². The van der Waals surface area contributed by atoms with E-state index < -0.39 is 13.3 Å². The molecule has 0 atom stereocenters. The molecule has 0 aliphatic rings. The minimum absolute atomic E-state index is 0. The Bertz CT molecular complexity index is 340. The molecule has 0 unspecified atom stereocenters. The molecule has 0 aromatic carbocycles. The Kier molecular flexibility index (Phi) is 6.47. The number of hydrogen-bond acceptors (Lipinski definition) is 1. The first kappa shape index (κ1) is 16.0. The van der Waals surface area contributed by atoms with E-state index in [0.717, 1.165) is 0 Å². The van der Waals surface area contributed by atoms with Crippen LogP contribution >= 0.6 is 11.6 Å². The summed E-state index contributed by atoms with van der Waals surface area (Å²) in [5.41, 5.74) is 0.570. The van der Waals surface area contributed by atoms with Crippen molar-refractivity contribution in [3.63, 3.8) is 0 Å². The molecule has 80 valence electrons. The topological polar surface area (TPSA) is 17.8 Å². The van der Waals surface area contributed by atoms with Gasteiger partial charge in [-0.3, -0.25) is 4.68 Å². The number of aromatic nitrogens is 2. The quantitative estimate of drug-likeness (QED) is 0.678. The van der Waals surface area contributed by atoms with Gasteiger partial charge in [0.2, 0.25) is 0 Å². The second-order valence-corrected chi connectivity index (χ2v) is 3.48. The van der Waals surface area contributed by atoms with E-state index in [1.54, 1.807) is 6.92 Å². The van der Waals surface area contributed by atoms with Crippen molar-refractivity contribution in [2.75, 3.05) is 0 Å². The number of nitrogens with zero attached hydrogens (tertiary/aromatic N) is 2. The van der Waals surface area contributed by atoms with Gasteiger partial charge < -0.3 is 12.9 Å². The third-order valence-electron chi connectivity index (χ3n) is 1.93. The van der Waals surface area contributed by atoms with Gasteiger partial charge in [0.1, 0.15) is 0 Å². The van der Waals surface area contributed by atoms with E-state index in [-0.39, 0.29) is 62.1 Å². The normalized spacial score (nSPS) is 11.3. The van der Waals surface area contributed by atoms with Crippen molar-refractivity contribution >= 4 is 18.6 Å². The summed E-state index contributed by atoms with van der Waals surface area (Å²) in [6.07, 6.45) is -0.431. The van der Waals surface area contributed by atoms with Gasteiger partial charge in [-0.05, 0) is 12.7 Å². The van der Waals surface area contributed by atoms with Crippen LogP contribution in [0.4, 0.5) is 12.9 Å². The van der Waals surface area contributed by atoms with Crippen LogP contribution in [0.25, 0.3) is 0 Å². The third-order valence-corrected chi connectivity index (χ3v) is 2.36. The first-order valence-electron chi connectivity index (χ1n) is 4.26. The maximum absolute atomic E-state index is 12.2. The summed E-state index contributed by atoms with van der Waals surface area (Å²) in [5, 5.41) is 4.05. The first-order valence-corrected chi connectivity index (χ1v) is 4.64. The molecule has 2 nitrogen and oxygen atoms in total. The van der Waals surface area contributed by atoms with Gasteiger partial charge in [0.15, 0.2) is 0 Å². The van der Waals surface area contributed by atoms with Crippen molar-refractivity contribution in [2.24, 2.45) is 7.05 Å². The van der Waals surface area contributed by atoms with E-state index in [4.69, 9.17) is 11.6 Å². The first-order chi connectivity index (χ1) is 6.35. The van der Waals surface area contributed by atoms with Gasteiger partial charge in [-0.2, -0.15) is 5.10 Å². The van der Waals surface area contributed by atoms with E-state index >= 15 is 0 Å². The van der Waals surface area contributed by atoms with Gasteiger partial charge in [-0.15, -0.1) is 0 Å². The number of halogens is 4. The predicted octanol–water partition coefficient (Wildman–Crippen LogP) is -0.431. The third kappa shape index (κ3) is 4.40. The number of aryl methyl sites for hydroxylation is 2. The Balaban J connectivity index is 0.00000196. The Labute approximate surface area is 134 Å². The molecule has 0 aliphatic carbocycles. The maximum atomic E-state index is 12.2. The summed E-state index contributed by atoms with van der Waals surface area (Å²) in [4.78, 5) is 0. The summed E-state index contributed by atoms with van der Waals surface area (Å²) in [6, 6.07) is 0. The minimum Gasteiger partial charge on any atom is -0.449 e. The maximum Gasteiger partial charge on any atom is 1.00 e. The van der Waals surface area contributed by atoms with Crippen LogP contribution < -0.4 is 51.4 Å². The molecule has 0 spiro atoms. The van der Waals surface area contributed by atoms with Crippen LogP contribution in [0.3, 0.4) is 0 Å². The molecule has 15 heavy (non-hydrogen) atoms. The van der Waals surface area contributed by atoms with Gasteiger partial charge in [0.25, 0.3) is 0 Å². The SMILES string of the molecule is CCc1nn(C)c(C[B-](F)(F)F)c1Cl.[K+]. The molecule has 1 aromatic heterocycles. The molecular weight excluding hydrogens is 254 g/mol. The van der Waals surface area contributed by atoms with Crippen molar-refractivity contribution in [2.45, 2.75) is 19.7 Å². The van der Waals surface area contributed by atoms with Crippen molar-refractivity contribution in [1.82, 2.24) is 9.78 Å². The summed E-state index contributed by atoms with van der Waals surface area (Å²) in [5.74, 6) is 0. The van der Waals surface area contributed by atoms with Gasteiger partial charge >= 0.3 is 58.4 Å². The Morgan fingerprint density at radius 3 is 2.27 bits per heavy atom. The Morgan fingerprint density at radius 1 is 1.40 bits per heavy atom. The molecule has 0 fully saturated rings. The summed E-state index contributed by atoms with van der Waals surface area (Å²) < 4.78 is 37.7. The van der Waals surface area contributed by atoms with Crippen molar-refractivity contribution in [3.05, 3.63) is 16.4 Å². The Hall–Kier alpha value is 0.991. The zero-order valence-electron chi connectivity index (χ0n) is 8.90. The molecule has 0 saturated heterocycles. The largest absolute Gasteiger partial charge is 1.00 e. The van der Waals surface area contributed by atoms with E-state index in [1.807, 2.05) is 0 Å². The molecule has 0 bridgehead atoms. The Morgan fingerprint density at radius 2 is 1.93 bits per heavy atom. The van der Waals surface area contributed by atoms with Crippen molar-refractivity contribution in [3.8, 4) is 0 Å². The molecular formula is C7H10BClF3KN2. The average molecular weight is 265 g/mol. The van der Waals surface area contributed by atoms with Crippen LogP contribution in [-0.4, -0.2) is 16.8 Å². The van der Waals surface area contributed by atoms with Crippen LogP contribution in [0.15, 0.2) is 0 Å². The summed E-state index contributed by atoms with van der Waals surface area (Å²) in [6.45, 7) is -3.06. The van der Waals surface area contributed by atoms with Crippen LogP contribution in [0.5, 0.6) is 0 Å². The second-order valence-electron chi connectivity index (χ2n) is 3.10. The van der Waals surface area contributed by atoms with Crippen LogP contribution in [0, 0.1) is 0 Å². The van der Waals surface area contributed by atoms with Crippen LogP contribution in [0.2, 0.25) is 5.02 Å².